The highest BCUT2D eigenvalue weighted by Gasteiger charge is 2.24. The first-order valence-electron chi connectivity index (χ1n) is 9.31. The van der Waals surface area contributed by atoms with Crippen LogP contribution in [0.1, 0.15) is 54.0 Å². The summed E-state index contributed by atoms with van der Waals surface area (Å²) in [7, 11) is 1.71. The molecule has 1 aromatic heterocycles. The molecule has 1 aromatic rings. The minimum atomic E-state index is -0.340. The van der Waals surface area contributed by atoms with E-state index in [1.165, 1.54) is 0 Å². The van der Waals surface area contributed by atoms with Gasteiger partial charge in [-0.1, -0.05) is 0 Å². The lowest BCUT2D eigenvalue weighted by Gasteiger charge is -2.30. The number of ether oxygens (including phenoxy) is 2. The van der Waals surface area contributed by atoms with Crippen molar-refractivity contribution in [1.29, 1.82) is 0 Å². The summed E-state index contributed by atoms with van der Waals surface area (Å²) in [6, 6.07) is 0. The van der Waals surface area contributed by atoms with E-state index in [1.807, 2.05) is 25.7 Å². The van der Waals surface area contributed by atoms with Crippen molar-refractivity contribution in [3.05, 3.63) is 28.6 Å². The van der Waals surface area contributed by atoms with Crippen molar-refractivity contribution >= 4 is 18.0 Å². The number of amides is 1. The summed E-state index contributed by atoms with van der Waals surface area (Å²) in [6.07, 6.45) is 5.27. The van der Waals surface area contributed by atoms with Crippen molar-refractivity contribution < 1.29 is 19.1 Å². The Hall–Kier alpha value is -2.08. The maximum absolute atomic E-state index is 12.5. The zero-order valence-corrected chi connectivity index (χ0v) is 16.5. The fourth-order valence-corrected chi connectivity index (χ4v) is 3.62. The Morgan fingerprint density at radius 3 is 2.35 bits per heavy atom. The summed E-state index contributed by atoms with van der Waals surface area (Å²) in [5.74, 6) is -0.371. The molecule has 0 bridgehead atoms. The molecule has 1 amide bonds. The van der Waals surface area contributed by atoms with Crippen LogP contribution in [0.5, 0.6) is 0 Å². The molecular formula is C20H30N2O4. The van der Waals surface area contributed by atoms with E-state index >= 15 is 0 Å². The molecule has 0 aliphatic carbocycles. The van der Waals surface area contributed by atoms with E-state index in [4.69, 9.17) is 9.47 Å². The number of likely N-dealkylation sites (tertiary alicyclic amines) is 1. The molecule has 2 rings (SSSR count). The lowest BCUT2D eigenvalue weighted by atomic mass is 10.1. The van der Waals surface area contributed by atoms with Crippen LogP contribution in [0, 0.1) is 13.8 Å². The highest BCUT2D eigenvalue weighted by Crippen LogP contribution is 2.25. The van der Waals surface area contributed by atoms with Gasteiger partial charge in [-0.15, -0.1) is 0 Å². The van der Waals surface area contributed by atoms with Crippen molar-refractivity contribution in [3.63, 3.8) is 0 Å². The van der Waals surface area contributed by atoms with Gasteiger partial charge in [0.2, 0.25) is 5.91 Å². The van der Waals surface area contributed by atoms with E-state index in [0.717, 1.165) is 36.3 Å². The Bertz CT molecular complexity index is 682. The molecule has 2 heterocycles. The summed E-state index contributed by atoms with van der Waals surface area (Å²) in [6.45, 7) is 10.2. The van der Waals surface area contributed by atoms with Gasteiger partial charge in [-0.25, -0.2) is 4.79 Å². The number of aromatic nitrogens is 1. The second-order valence-electron chi connectivity index (χ2n) is 6.52. The lowest BCUT2D eigenvalue weighted by molar-refractivity contribution is -0.128. The van der Waals surface area contributed by atoms with Crippen LogP contribution in [0.25, 0.3) is 6.08 Å². The third-order valence-corrected chi connectivity index (χ3v) is 5.11. The highest BCUT2D eigenvalue weighted by molar-refractivity contribution is 5.98. The van der Waals surface area contributed by atoms with Gasteiger partial charge in [-0.3, -0.25) is 4.79 Å². The van der Waals surface area contributed by atoms with Crippen LogP contribution < -0.4 is 0 Å². The minimum Gasteiger partial charge on any atom is -0.462 e. The smallest absolute Gasteiger partial charge is 0.340 e. The largest absolute Gasteiger partial charge is 0.462 e. The number of hydrogen-bond donors (Lipinski definition) is 0. The normalized spacial score (nSPS) is 15.7. The maximum Gasteiger partial charge on any atom is 0.340 e. The Balaban J connectivity index is 2.23. The van der Waals surface area contributed by atoms with Crippen LogP contribution in [-0.2, 0) is 20.8 Å². The summed E-state index contributed by atoms with van der Waals surface area (Å²) in [5.41, 5.74) is 3.16. The fourth-order valence-electron chi connectivity index (χ4n) is 3.62. The quantitative estimate of drug-likeness (QED) is 0.577. The van der Waals surface area contributed by atoms with Gasteiger partial charge in [0, 0.05) is 49.8 Å². The third kappa shape index (κ3) is 4.18. The molecule has 6 nitrogen and oxygen atoms in total. The average Bonchev–Trinajstić information content (AvgIpc) is 2.89. The van der Waals surface area contributed by atoms with Gasteiger partial charge in [0.05, 0.1) is 18.3 Å². The fraction of sp³-hybridized carbons (Fsp3) is 0.600. The Kier molecular flexibility index (Phi) is 7.03. The van der Waals surface area contributed by atoms with Gasteiger partial charge in [-0.2, -0.15) is 0 Å². The zero-order chi connectivity index (χ0) is 19.3. The number of nitrogens with zero attached hydrogens (tertiary/aromatic N) is 2. The molecule has 0 aromatic carbocycles. The molecule has 144 valence electrons. The summed E-state index contributed by atoms with van der Waals surface area (Å²) in [4.78, 5) is 26.8. The molecule has 0 saturated carbocycles. The monoisotopic (exact) mass is 362 g/mol. The number of esters is 1. The topological polar surface area (TPSA) is 60.8 Å². The van der Waals surface area contributed by atoms with Gasteiger partial charge in [0.1, 0.15) is 0 Å². The molecule has 1 aliphatic rings. The van der Waals surface area contributed by atoms with Gasteiger partial charge in [0.15, 0.2) is 0 Å². The lowest BCUT2D eigenvalue weighted by Crippen LogP contribution is -2.39. The number of carbonyl (C=O) groups excluding carboxylic acids is 2. The zero-order valence-electron chi connectivity index (χ0n) is 16.5. The van der Waals surface area contributed by atoms with E-state index in [0.29, 0.717) is 25.3 Å². The van der Waals surface area contributed by atoms with Gasteiger partial charge >= 0.3 is 5.97 Å². The number of hydrogen-bond acceptors (Lipinski definition) is 4. The summed E-state index contributed by atoms with van der Waals surface area (Å²) >= 11 is 0. The van der Waals surface area contributed by atoms with Crippen molar-refractivity contribution in [1.82, 2.24) is 9.47 Å². The molecule has 1 aliphatic heterocycles. The van der Waals surface area contributed by atoms with Gasteiger partial charge in [0.25, 0.3) is 0 Å². The van der Waals surface area contributed by atoms with Crippen LogP contribution in [0.15, 0.2) is 6.08 Å². The molecule has 0 spiro atoms. The number of methoxy groups -OCH3 is 1. The molecule has 0 radical (unpaired) electrons. The first-order chi connectivity index (χ1) is 12.4. The van der Waals surface area contributed by atoms with E-state index in [9.17, 15) is 9.59 Å². The Morgan fingerprint density at radius 2 is 1.81 bits per heavy atom. The van der Waals surface area contributed by atoms with Crippen LogP contribution in [0.3, 0.4) is 0 Å². The first-order valence-corrected chi connectivity index (χ1v) is 9.31. The molecule has 0 N–H and O–H groups in total. The molecule has 26 heavy (non-hydrogen) atoms. The van der Waals surface area contributed by atoms with Crippen molar-refractivity contribution in [3.8, 4) is 0 Å². The van der Waals surface area contributed by atoms with E-state index in [2.05, 4.69) is 4.57 Å². The van der Waals surface area contributed by atoms with Gasteiger partial charge in [-0.05, 0) is 46.6 Å². The number of carbonyl (C=O) groups is 2. The minimum absolute atomic E-state index is 0.0318. The van der Waals surface area contributed by atoms with Gasteiger partial charge < -0.3 is 18.9 Å². The van der Waals surface area contributed by atoms with E-state index in [-0.39, 0.29) is 18.0 Å². The standard InChI is InChI=1S/C20H30N2O4/c1-6-22-14(3)17(19(15(22)4)20(24)26-7-2)8-9-18(23)21-12-10-16(25-5)11-13-21/h8-9,16H,6-7,10-13H2,1-5H3/b9-8+. The Labute approximate surface area is 155 Å². The third-order valence-electron chi connectivity index (χ3n) is 5.11. The van der Waals surface area contributed by atoms with Crippen molar-refractivity contribution in [2.75, 3.05) is 26.8 Å². The molecule has 0 atom stereocenters. The molecule has 0 unspecified atom stereocenters. The number of piperidine rings is 1. The maximum atomic E-state index is 12.5. The predicted octanol–water partition coefficient (Wildman–Crippen LogP) is 2.95. The SMILES string of the molecule is CCOC(=O)c1c(/C=C/C(=O)N2CCC(OC)CC2)c(C)n(CC)c1C. The molecular weight excluding hydrogens is 332 g/mol. The van der Waals surface area contributed by atoms with Crippen LogP contribution in [0.4, 0.5) is 0 Å². The summed E-state index contributed by atoms with van der Waals surface area (Å²) < 4.78 is 12.6. The second kappa shape index (κ2) is 9.03. The average molecular weight is 362 g/mol. The highest BCUT2D eigenvalue weighted by atomic mass is 16.5. The molecule has 1 fully saturated rings. The van der Waals surface area contributed by atoms with Crippen molar-refractivity contribution in [2.24, 2.45) is 0 Å². The van der Waals surface area contributed by atoms with E-state index < -0.39 is 0 Å². The van der Waals surface area contributed by atoms with Crippen LogP contribution >= 0.6 is 0 Å². The Morgan fingerprint density at radius 1 is 1.15 bits per heavy atom. The molecule has 1 saturated heterocycles. The predicted molar refractivity (Wildman–Crippen MR) is 101 cm³/mol. The molecule has 6 heteroatoms. The second-order valence-corrected chi connectivity index (χ2v) is 6.52. The summed E-state index contributed by atoms with van der Waals surface area (Å²) in [5, 5.41) is 0. The number of rotatable bonds is 6. The van der Waals surface area contributed by atoms with Crippen molar-refractivity contribution in [2.45, 2.75) is 53.2 Å². The first kappa shape index (κ1) is 20.2. The van der Waals surface area contributed by atoms with Crippen LogP contribution in [0.2, 0.25) is 0 Å². The van der Waals surface area contributed by atoms with Crippen LogP contribution in [-0.4, -0.2) is 54.3 Å². The van der Waals surface area contributed by atoms with E-state index in [1.54, 1.807) is 26.2 Å².